The van der Waals surface area contributed by atoms with Gasteiger partial charge in [0.1, 0.15) is 0 Å². The molecule has 3 heterocycles. The predicted octanol–water partition coefficient (Wildman–Crippen LogP) is 0.828. The second-order valence-corrected chi connectivity index (χ2v) is 8.00. The molecule has 10 heteroatoms. The lowest BCUT2D eigenvalue weighted by molar-refractivity contribution is -0.143. The van der Waals surface area contributed by atoms with E-state index in [-0.39, 0.29) is 53.4 Å². The summed E-state index contributed by atoms with van der Waals surface area (Å²) >= 11 is 0. The van der Waals surface area contributed by atoms with E-state index in [2.05, 4.69) is 14.7 Å². The third-order valence-electron chi connectivity index (χ3n) is 6.19. The molecule has 1 saturated heterocycles. The molecule has 1 aliphatic carbocycles. The van der Waals surface area contributed by atoms with Crippen LogP contribution in [0.2, 0.25) is 0 Å². The van der Waals surface area contributed by atoms with Crippen LogP contribution in [0.4, 0.5) is 10.3 Å². The molecule has 1 saturated carbocycles. The molecule has 2 fully saturated rings. The van der Waals surface area contributed by atoms with Crippen molar-refractivity contribution in [2.75, 3.05) is 32.1 Å². The van der Waals surface area contributed by atoms with Crippen LogP contribution < -0.4 is 10.5 Å². The molecule has 2 aliphatic rings. The number of esters is 1. The van der Waals surface area contributed by atoms with Crippen molar-refractivity contribution in [1.82, 2.24) is 19.4 Å². The van der Waals surface area contributed by atoms with Gasteiger partial charge in [-0.15, -0.1) is 0 Å². The summed E-state index contributed by atoms with van der Waals surface area (Å²) in [5, 5.41) is 0. The van der Waals surface area contributed by atoms with Gasteiger partial charge in [-0.25, -0.2) is 9.37 Å². The molecule has 4 rings (SSSR count). The lowest BCUT2D eigenvalue weighted by Gasteiger charge is -2.26. The van der Waals surface area contributed by atoms with E-state index < -0.39 is 11.8 Å². The van der Waals surface area contributed by atoms with Gasteiger partial charge in [0.2, 0.25) is 11.9 Å². The highest BCUT2D eigenvalue weighted by molar-refractivity contribution is 5.81. The minimum atomic E-state index is -0.541. The van der Waals surface area contributed by atoms with Crippen LogP contribution in [0.5, 0.6) is 0 Å². The number of fused-ring (bicyclic) bond motifs is 1. The number of rotatable bonds is 6. The van der Waals surface area contributed by atoms with Gasteiger partial charge in [-0.3, -0.25) is 23.9 Å². The first kappa shape index (κ1) is 21.0. The molecule has 1 unspecified atom stereocenters. The Kier molecular flexibility index (Phi) is 5.47. The number of carbonyl (C=O) groups is 2. The van der Waals surface area contributed by atoms with Gasteiger partial charge >= 0.3 is 5.97 Å². The Hall–Kier alpha value is -3.30. The molecule has 0 aromatic carbocycles. The minimum absolute atomic E-state index is 0.0558. The van der Waals surface area contributed by atoms with Crippen molar-refractivity contribution < 1.29 is 18.7 Å². The van der Waals surface area contributed by atoms with E-state index in [1.165, 1.54) is 30.0 Å². The Morgan fingerprint density at radius 1 is 1.29 bits per heavy atom. The molecule has 2 aromatic heterocycles. The fourth-order valence-corrected chi connectivity index (χ4v) is 4.44. The number of pyridine rings is 1. The number of methoxy groups -OCH3 is 1. The highest BCUT2D eigenvalue weighted by Gasteiger charge is 2.59. The standard InChI is InChI=1S/C21H24FN5O4/c1-25-18(29)8-16(12-6-7-23-9-15(12)22)24-21(25)26(2)20-13-10-27(11-14(13)20)17(28)4-5-19(30)31-3/h6-9,13-14,20H,4-5,10-11H2,1-3H3/t13-,14+,20?. The topological polar surface area (TPSA) is 97.6 Å². The maximum absolute atomic E-state index is 14.2. The van der Waals surface area contributed by atoms with Crippen molar-refractivity contribution in [1.29, 1.82) is 0 Å². The maximum Gasteiger partial charge on any atom is 0.306 e. The van der Waals surface area contributed by atoms with Crippen LogP contribution in [0.15, 0.2) is 29.3 Å². The van der Waals surface area contributed by atoms with Crippen LogP contribution in [-0.4, -0.2) is 64.6 Å². The zero-order valence-corrected chi connectivity index (χ0v) is 17.6. The average Bonchev–Trinajstić information content (AvgIpc) is 3.26. The van der Waals surface area contributed by atoms with Gasteiger partial charge in [0.15, 0.2) is 5.82 Å². The molecule has 31 heavy (non-hydrogen) atoms. The summed E-state index contributed by atoms with van der Waals surface area (Å²) in [5.41, 5.74) is 0.199. The van der Waals surface area contributed by atoms with Crippen LogP contribution in [0, 0.1) is 17.7 Å². The lowest BCUT2D eigenvalue weighted by atomic mass is 10.2. The van der Waals surface area contributed by atoms with Crippen LogP contribution in [0.25, 0.3) is 11.3 Å². The number of hydrogen-bond donors (Lipinski definition) is 0. The summed E-state index contributed by atoms with van der Waals surface area (Å²) in [6.45, 7) is 1.21. The van der Waals surface area contributed by atoms with Crippen molar-refractivity contribution in [2.24, 2.45) is 18.9 Å². The van der Waals surface area contributed by atoms with E-state index in [1.54, 1.807) is 11.9 Å². The maximum atomic E-state index is 14.2. The van der Waals surface area contributed by atoms with Crippen LogP contribution in [0.1, 0.15) is 12.8 Å². The summed E-state index contributed by atoms with van der Waals surface area (Å²) in [6.07, 6.45) is 2.77. The smallest absolute Gasteiger partial charge is 0.306 e. The number of hydrogen-bond acceptors (Lipinski definition) is 7. The van der Waals surface area contributed by atoms with Gasteiger partial charge in [0, 0.05) is 69.3 Å². The monoisotopic (exact) mass is 429 g/mol. The third kappa shape index (κ3) is 3.89. The molecular weight excluding hydrogens is 405 g/mol. The van der Waals surface area contributed by atoms with Gasteiger partial charge < -0.3 is 14.5 Å². The third-order valence-corrected chi connectivity index (χ3v) is 6.19. The molecule has 2 aromatic rings. The highest BCUT2D eigenvalue weighted by Crippen LogP contribution is 2.49. The molecule has 9 nitrogen and oxygen atoms in total. The lowest BCUT2D eigenvalue weighted by Crippen LogP contribution is -2.38. The van der Waals surface area contributed by atoms with E-state index in [0.717, 1.165) is 6.20 Å². The van der Waals surface area contributed by atoms with Gasteiger partial charge in [-0.05, 0) is 6.07 Å². The molecule has 0 bridgehead atoms. The van der Waals surface area contributed by atoms with E-state index in [1.807, 2.05) is 11.9 Å². The number of halogens is 1. The number of aromatic nitrogens is 3. The molecular formula is C21H24FN5O4. The number of anilines is 1. The Bertz CT molecular complexity index is 1080. The Labute approximate surface area is 178 Å². The zero-order valence-electron chi connectivity index (χ0n) is 17.6. The summed E-state index contributed by atoms with van der Waals surface area (Å²) in [4.78, 5) is 48.1. The number of piperidine rings is 1. The number of nitrogens with zero attached hydrogens (tertiary/aromatic N) is 5. The molecule has 1 amide bonds. The predicted molar refractivity (Wildman–Crippen MR) is 110 cm³/mol. The first-order valence-corrected chi connectivity index (χ1v) is 10.1. The van der Waals surface area contributed by atoms with E-state index in [4.69, 9.17) is 0 Å². The Balaban J connectivity index is 1.47. The Morgan fingerprint density at radius 2 is 2.00 bits per heavy atom. The number of likely N-dealkylation sites (tertiary alicyclic amines) is 1. The van der Waals surface area contributed by atoms with Gasteiger partial charge in [0.05, 0.1) is 25.4 Å². The van der Waals surface area contributed by atoms with Gasteiger partial charge in [-0.2, -0.15) is 0 Å². The van der Waals surface area contributed by atoms with Crippen molar-refractivity contribution >= 4 is 17.8 Å². The molecule has 0 radical (unpaired) electrons. The van der Waals surface area contributed by atoms with Crippen LogP contribution in [0.3, 0.4) is 0 Å². The minimum Gasteiger partial charge on any atom is -0.469 e. The quantitative estimate of drug-likeness (QED) is 0.628. The first-order chi connectivity index (χ1) is 14.8. The zero-order chi connectivity index (χ0) is 22.3. The van der Waals surface area contributed by atoms with Gasteiger partial charge in [0.25, 0.3) is 5.56 Å². The summed E-state index contributed by atoms with van der Waals surface area (Å²) in [5.74, 6) is -0.00830. The summed E-state index contributed by atoms with van der Waals surface area (Å²) < 4.78 is 20.2. The number of amides is 1. The molecule has 0 spiro atoms. The largest absolute Gasteiger partial charge is 0.469 e. The summed E-state index contributed by atoms with van der Waals surface area (Å²) in [7, 11) is 4.80. The van der Waals surface area contributed by atoms with E-state index >= 15 is 0 Å². The van der Waals surface area contributed by atoms with Crippen molar-refractivity contribution in [3.05, 3.63) is 40.7 Å². The van der Waals surface area contributed by atoms with E-state index in [9.17, 15) is 18.8 Å². The second-order valence-electron chi connectivity index (χ2n) is 8.00. The molecule has 1 aliphatic heterocycles. The SMILES string of the molecule is COC(=O)CCC(=O)N1C[C@@H]2C(N(C)c3nc(-c4ccncc4F)cc(=O)n3C)[C@@H]2C1. The number of carbonyl (C=O) groups excluding carboxylic acids is 2. The van der Waals surface area contributed by atoms with Crippen molar-refractivity contribution in [2.45, 2.75) is 18.9 Å². The molecule has 3 atom stereocenters. The Morgan fingerprint density at radius 3 is 2.65 bits per heavy atom. The normalized spacial score (nSPS) is 21.5. The summed E-state index contributed by atoms with van der Waals surface area (Å²) in [6, 6.07) is 2.94. The van der Waals surface area contributed by atoms with Crippen molar-refractivity contribution in [3.63, 3.8) is 0 Å². The average molecular weight is 429 g/mol. The fourth-order valence-electron chi connectivity index (χ4n) is 4.44. The van der Waals surface area contributed by atoms with Gasteiger partial charge in [-0.1, -0.05) is 0 Å². The number of ether oxygens (including phenoxy) is 1. The second kappa shape index (κ2) is 8.09. The van der Waals surface area contributed by atoms with Crippen LogP contribution in [-0.2, 0) is 21.4 Å². The van der Waals surface area contributed by atoms with E-state index in [0.29, 0.717) is 19.0 Å². The first-order valence-electron chi connectivity index (χ1n) is 10.1. The fraction of sp³-hybridized carbons (Fsp3) is 0.476. The van der Waals surface area contributed by atoms with Crippen LogP contribution >= 0.6 is 0 Å². The molecule has 164 valence electrons. The highest BCUT2D eigenvalue weighted by atomic mass is 19.1. The molecule has 0 N–H and O–H groups in total. The van der Waals surface area contributed by atoms with Crippen molar-refractivity contribution in [3.8, 4) is 11.3 Å².